The molecule has 2 N–H and O–H groups in total. The third-order valence-electron chi connectivity index (χ3n) is 7.21. The van der Waals surface area contributed by atoms with Gasteiger partial charge in [0.15, 0.2) is 0 Å². The van der Waals surface area contributed by atoms with Gasteiger partial charge in [-0.15, -0.1) is 0 Å². The SMILES string of the molecule is COC(=O)N1c2ccc3c(nc(Cc4ccccc4)n3C3CCC(N)CC3)c2CCC1C. The summed E-state index contributed by atoms with van der Waals surface area (Å²) in [4.78, 5) is 19.5. The molecule has 1 aromatic heterocycles. The van der Waals surface area contributed by atoms with Crippen molar-refractivity contribution in [2.45, 2.75) is 70.0 Å². The van der Waals surface area contributed by atoms with Gasteiger partial charge in [-0.3, -0.25) is 4.90 Å². The first-order valence-electron chi connectivity index (χ1n) is 11.8. The normalized spacial score (nSPS) is 23.2. The molecule has 1 aliphatic heterocycles. The van der Waals surface area contributed by atoms with Crippen molar-refractivity contribution < 1.29 is 9.53 Å². The van der Waals surface area contributed by atoms with Gasteiger partial charge in [-0.25, -0.2) is 9.78 Å². The number of carbonyl (C=O) groups is 1. The van der Waals surface area contributed by atoms with E-state index in [4.69, 9.17) is 15.5 Å². The van der Waals surface area contributed by atoms with E-state index in [1.54, 1.807) is 4.90 Å². The van der Waals surface area contributed by atoms with E-state index in [1.165, 1.54) is 18.2 Å². The van der Waals surface area contributed by atoms with Crippen LogP contribution >= 0.6 is 0 Å². The number of ether oxygens (including phenoxy) is 1. The monoisotopic (exact) mass is 432 g/mol. The van der Waals surface area contributed by atoms with Crippen molar-refractivity contribution >= 4 is 22.8 Å². The number of rotatable bonds is 3. The number of aromatic nitrogens is 2. The van der Waals surface area contributed by atoms with Crippen molar-refractivity contribution in [2.75, 3.05) is 12.0 Å². The molecule has 0 bridgehead atoms. The minimum absolute atomic E-state index is 0.109. The summed E-state index contributed by atoms with van der Waals surface area (Å²) in [6.45, 7) is 2.08. The maximum Gasteiger partial charge on any atom is 0.414 e. The molecule has 6 nitrogen and oxygen atoms in total. The second-order valence-corrected chi connectivity index (χ2v) is 9.29. The molecule has 0 spiro atoms. The smallest absolute Gasteiger partial charge is 0.414 e. The van der Waals surface area contributed by atoms with Gasteiger partial charge in [-0.1, -0.05) is 30.3 Å². The molecule has 2 aliphatic rings. The highest BCUT2D eigenvalue weighted by molar-refractivity contribution is 5.95. The Balaban J connectivity index is 1.64. The molecule has 0 saturated heterocycles. The van der Waals surface area contributed by atoms with E-state index in [0.717, 1.165) is 67.5 Å². The number of amides is 1. The summed E-state index contributed by atoms with van der Waals surface area (Å²) in [5, 5.41) is 0. The van der Waals surface area contributed by atoms with Crippen molar-refractivity contribution in [3.8, 4) is 0 Å². The summed E-state index contributed by atoms with van der Waals surface area (Å²) < 4.78 is 7.56. The number of fused-ring (bicyclic) bond motifs is 3. The number of nitrogens with two attached hydrogens (primary N) is 1. The second kappa shape index (κ2) is 8.58. The van der Waals surface area contributed by atoms with Gasteiger partial charge in [0.25, 0.3) is 0 Å². The standard InChI is InChI=1S/C26H32N4O2/c1-17-8-13-21-22(29(17)26(31)32-2)14-15-23-25(21)28-24(16-18-6-4-3-5-7-18)30(23)20-11-9-19(27)10-12-20/h3-7,14-15,17,19-20H,8-13,16,27H2,1-2H3. The van der Waals surface area contributed by atoms with Crippen molar-refractivity contribution in [1.29, 1.82) is 0 Å². The van der Waals surface area contributed by atoms with Gasteiger partial charge >= 0.3 is 6.09 Å². The Kier molecular flexibility index (Phi) is 5.64. The molecular weight excluding hydrogens is 400 g/mol. The zero-order valence-electron chi connectivity index (χ0n) is 19.0. The summed E-state index contributed by atoms with van der Waals surface area (Å²) in [6.07, 6.45) is 6.57. The van der Waals surface area contributed by atoms with E-state index in [1.807, 2.05) is 6.07 Å². The average molecular weight is 433 g/mol. The van der Waals surface area contributed by atoms with Gasteiger partial charge < -0.3 is 15.0 Å². The average Bonchev–Trinajstić information content (AvgIpc) is 3.17. The number of benzene rings is 2. The van der Waals surface area contributed by atoms with E-state index in [-0.39, 0.29) is 12.1 Å². The van der Waals surface area contributed by atoms with E-state index < -0.39 is 0 Å². The Morgan fingerprint density at radius 3 is 2.56 bits per heavy atom. The summed E-state index contributed by atoms with van der Waals surface area (Å²) in [5.41, 5.74) is 11.8. The van der Waals surface area contributed by atoms with Gasteiger partial charge in [0.2, 0.25) is 0 Å². The van der Waals surface area contributed by atoms with Crippen LogP contribution in [0.4, 0.5) is 10.5 Å². The van der Waals surface area contributed by atoms with E-state index in [9.17, 15) is 4.79 Å². The highest BCUT2D eigenvalue weighted by Crippen LogP contribution is 2.39. The molecule has 1 fully saturated rings. The maximum absolute atomic E-state index is 12.5. The van der Waals surface area contributed by atoms with Crippen molar-refractivity contribution in [3.05, 3.63) is 59.4 Å². The first-order valence-corrected chi connectivity index (χ1v) is 11.8. The highest BCUT2D eigenvalue weighted by atomic mass is 16.5. The number of aryl methyl sites for hydroxylation is 1. The largest absolute Gasteiger partial charge is 0.452 e. The number of imidazole rings is 1. The highest BCUT2D eigenvalue weighted by Gasteiger charge is 2.32. The number of carbonyl (C=O) groups excluding carboxylic acids is 1. The Morgan fingerprint density at radius 1 is 1.09 bits per heavy atom. The number of anilines is 1. The number of nitrogens with zero attached hydrogens (tertiary/aromatic N) is 3. The van der Waals surface area contributed by atoms with E-state index >= 15 is 0 Å². The second-order valence-electron chi connectivity index (χ2n) is 9.29. The molecular formula is C26H32N4O2. The molecule has 1 atom stereocenters. The van der Waals surface area contributed by atoms with Gasteiger partial charge in [-0.2, -0.15) is 0 Å². The van der Waals surface area contributed by atoms with Crippen LogP contribution < -0.4 is 10.6 Å². The van der Waals surface area contributed by atoms with Crippen LogP contribution in [0.3, 0.4) is 0 Å². The lowest BCUT2D eigenvalue weighted by atomic mass is 9.91. The lowest BCUT2D eigenvalue weighted by molar-refractivity contribution is 0.175. The van der Waals surface area contributed by atoms with Gasteiger partial charge in [0.1, 0.15) is 5.82 Å². The van der Waals surface area contributed by atoms with Crippen molar-refractivity contribution in [1.82, 2.24) is 9.55 Å². The first kappa shape index (κ1) is 21.0. The molecule has 1 unspecified atom stereocenters. The minimum atomic E-state index is -0.303. The molecule has 5 rings (SSSR count). The van der Waals surface area contributed by atoms with Crippen LogP contribution in [0.1, 0.15) is 62.0 Å². The fraction of sp³-hybridized carbons (Fsp3) is 0.462. The minimum Gasteiger partial charge on any atom is -0.452 e. The summed E-state index contributed by atoms with van der Waals surface area (Å²) in [5.74, 6) is 1.10. The molecule has 2 aromatic carbocycles. The third-order valence-corrected chi connectivity index (χ3v) is 7.21. The van der Waals surface area contributed by atoms with Crippen molar-refractivity contribution in [2.24, 2.45) is 5.73 Å². The van der Waals surface area contributed by atoms with Crippen LogP contribution in [0.2, 0.25) is 0 Å². The van der Waals surface area contributed by atoms with Crippen LogP contribution in [0.5, 0.6) is 0 Å². The molecule has 32 heavy (non-hydrogen) atoms. The zero-order chi connectivity index (χ0) is 22.2. The van der Waals surface area contributed by atoms with Gasteiger partial charge in [0, 0.05) is 30.1 Å². The van der Waals surface area contributed by atoms with Crippen LogP contribution in [0, 0.1) is 0 Å². The van der Waals surface area contributed by atoms with Crippen LogP contribution in [-0.2, 0) is 17.6 Å². The van der Waals surface area contributed by atoms with Crippen LogP contribution in [0.15, 0.2) is 42.5 Å². The number of hydrogen-bond acceptors (Lipinski definition) is 4. The van der Waals surface area contributed by atoms with Crippen LogP contribution in [-0.4, -0.2) is 34.8 Å². The predicted octanol–water partition coefficient (Wildman–Crippen LogP) is 4.98. The third kappa shape index (κ3) is 3.66. The maximum atomic E-state index is 12.5. The molecule has 0 radical (unpaired) electrons. The fourth-order valence-corrected chi connectivity index (χ4v) is 5.49. The van der Waals surface area contributed by atoms with Crippen LogP contribution in [0.25, 0.3) is 11.0 Å². The first-order chi connectivity index (χ1) is 15.6. The Labute approximate surface area is 189 Å². The lowest BCUT2D eigenvalue weighted by Gasteiger charge is -2.34. The Morgan fingerprint density at radius 2 is 1.84 bits per heavy atom. The topological polar surface area (TPSA) is 73.4 Å². The predicted molar refractivity (Wildman–Crippen MR) is 127 cm³/mol. The fourth-order valence-electron chi connectivity index (χ4n) is 5.49. The molecule has 1 amide bonds. The number of methoxy groups -OCH3 is 1. The molecule has 1 aliphatic carbocycles. The zero-order valence-corrected chi connectivity index (χ0v) is 19.0. The summed E-state index contributed by atoms with van der Waals surface area (Å²) >= 11 is 0. The summed E-state index contributed by atoms with van der Waals surface area (Å²) in [7, 11) is 1.45. The van der Waals surface area contributed by atoms with Gasteiger partial charge in [-0.05, 0) is 63.1 Å². The van der Waals surface area contributed by atoms with E-state index in [0.29, 0.717) is 12.1 Å². The Bertz CT molecular complexity index is 1120. The summed E-state index contributed by atoms with van der Waals surface area (Å²) in [6, 6.07) is 15.6. The number of hydrogen-bond donors (Lipinski definition) is 1. The molecule has 2 heterocycles. The molecule has 3 aromatic rings. The molecule has 6 heteroatoms. The van der Waals surface area contributed by atoms with Crippen molar-refractivity contribution in [3.63, 3.8) is 0 Å². The Hall–Kier alpha value is -2.86. The quantitative estimate of drug-likeness (QED) is 0.634. The van der Waals surface area contributed by atoms with E-state index in [2.05, 4.69) is 47.9 Å². The van der Waals surface area contributed by atoms with Gasteiger partial charge in [0.05, 0.1) is 23.8 Å². The molecule has 168 valence electrons. The molecule has 1 saturated carbocycles. The lowest BCUT2D eigenvalue weighted by Crippen LogP contribution is -2.42.